The number of aromatic nitrogens is 1. The molecule has 0 fully saturated rings. The lowest BCUT2D eigenvalue weighted by atomic mass is 10.2. The highest BCUT2D eigenvalue weighted by atomic mass is 32.1. The molecule has 134 valence electrons. The molecule has 1 unspecified atom stereocenters. The lowest BCUT2D eigenvalue weighted by Gasteiger charge is -2.12. The Morgan fingerprint density at radius 1 is 1.12 bits per heavy atom. The Balaban J connectivity index is 1.54. The van der Waals surface area contributed by atoms with E-state index in [1.54, 1.807) is 42.6 Å². The van der Waals surface area contributed by atoms with Crippen molar-refractivity contribution in [3.63, 3.8) is 0 Å². The number of hydrogen-bond acceptors (Lipinski definition) is 4. The number of benzene rings is 2. The molecule has 7 heteroatoms. The van der Waals surface area contributed by atoms with E-state index in [2.05, 4.69) is 21.7 Å². The second kappa shape index (κ2) is 8.07. The molecule has 1 heterocycles. The van der Waals surface area contributed by atoms with Crippen molar-refractivity contribution in [1.29, 1.82) is 0 Å². The van der Waals surface area contributed by atoms with Gasteiger partial charge in [-0.15, -0.1) is 11.3 Å². The standard InChI is InChI=1S/C19H20N4O2S/c1-20-19(25)13-7-9-14(10-8-13)21-17(24)11-23(2)12-18-22-15-5-3-4-6-16(15)26-18/h3-10H,11-12H2,1-2H3,(H,20,25)(H,21,24)/p+1. The van der Waals surface area contributed by atoms with Crippen molar-refractivity contribution in [3.8, 4) is 0 Å². The zero-order valence-corrected chi connectivity index (χ0v) is 15.5. The fourth-order valence-electron chi connectivity index (χ4n) is 2.64. The molecular weight excluding hydrogens is 348 g/mol. The lowest BCUT2D eigenvalue weighted by Crippen LogP contribution is -3.08. The number of hydrogen-bond donors (Lipinski definition) is 3. The maximum atomic E-state index is 12.2. The zero-order valence-electron chi connectivity index (χ0n) is 14.7. The normalized spacial score (nSPS) is 11.9. The predicted octanol–water partition coefficient (Wildman–Crippen LogP) is 1.31. The van der Waals surface area contributed by atoms with Crippen LogP contribution < -0.4 is 15.5 Å². The largest absolute Gasteiger partial charge is 0.355 e. The maximum Gasteiger partial charge on any atom is 0.279 e. The summed E-state index contributed by atoms with van der Waals surface area (Å²) in [4.78, 5) is 29.4. The molecule has 0 radical (unpaired) electrons. The number of anilines is 1. The van der Waals surface area contributed by atoms with Crippen LogP contribution in [0.15, 0.2) is 48.5 Å². The number of fused-ring (bicyclic) bond motifs is 1. The minimum atomic E-state index is -0.150. The molecule has 0 aliphatic carbocycles. The third-order valence-corrected chi connectivity index (χ3v) is 4.95. The number of carbonyl (C=O) groups excluding carboxylic acids is 2. The van der Waals surface area contributed by atoms with Gasteiger partial charge in [-0.25, -0.2) is 4.98 Å². The van der Waals surface area contributed by atoms with Gasteiger partial charge < -0.3 is 15.5 Å². The number of nitrogens with one attached hydrogen (secondary N) is 3. The predicted molar refractivity (Wildman–Crippen MR) is 104 cm³/mol. The third kappa shape index (κ3) is 4.44. The van der Waals surface area contributed by atoms with E-state index in [0.29, 0.717) is 24.3 Å². The fraction of sp³-hybridized carbons (Fsp3) is 0.211. The summed E-state index contributed by atoms with van der Waals surface area (Å²) < 4.78 is 1.16. The lowest BCUT2D eigenvalue weighted by molar-refractivity contribution is -0.885. The van der Waals surface area contributed by atoms with Gasteiger partial charge >= 0.3 is 0 Å². The van der Waals surface area contributed by atoms with Gasteiger partial charge in [0.2, 0.25) is 0 Å². The molecule has 1 aromatic heterocycles. The summed E-state index contributed by atoms with van der Waals surface area (Å²) >= 11 is 1.66. The molecule has 2 aromatic carbocycles. The van der Waals surface area contributed by atoms with E-state index in [0.717, 1.165) is 20.1 Å². The first-order valence-corrected chi connectivity index (χ1v) is 9.14. The van der Waals surface area contributed by atoms with Crippen molar-refractivity contribution in [2.24, 2.45) is 0 Å². The van der Waals surface area contributed by atoms with Crippen LogP contribution in [0.5, 0.6) is 0 Å². The Morgan fingerprint density at radius 2 is 1.85 bits per heavy atom. The average Bonchev–Trinajstić information content (AvgIpc) is 3.03. The van der Waals surface area contributed by atoms with Crippen molar-refractivity contribution < 1.29 is 14.5 Å². The van der Waals surface area contributed by atoms with Gasteiger partial charge in [-0.1, -0.05) is 12.1 Å². The summed E-state index contributed by atoms with van der Waals surface area (Å²) in [5.41, 5.74) is 2.24. The molecular formula is C19H21N4O2S+. The Bertz CT molecular complexity index is 888. The molecule has 2 amide bonds. The first kappa shape index (κ1) is 18.0. The number of thiazole rings is 1. The number of likely N-dealkylation sites (N-methyl/N-ethyl adjacent to an activating group) is 1. The molecule has 0 saturated carbocycles. The van der Waals surface area contributed by atoms with Crippen LogP contribution in [-0.2, 0) is 11.3 Å². The summed E-state index contributed by atoms with van der Waals surface area (Å²) in [7, 11) is 3.56. The van der Waals surface area contributed by atoms with Gasteiger partial charge in [0.05, 0.1) is 17.3 Å². The molecule has 3 rings (SSSR count). The van der Waals surface area contributed by atoms with Gasteiger partial charge in [0.15, 0.2) is 6.54 Å². The Morgan fingerprint density at radius 3 is 2.54 bits per heavy atom. The number of carbonyl (C=O) groups is 2. The van der Waals surface area contributed by atoms with E-state index in [9.17, 15) is 9.59 Å². The van der Waals surface area contributed by atoms with Crippen molar-refractivity contribution in [1.82, 2.24) is 10.3 Å². The molecule has 0 aliphatic heterocycles. The van der Waals surface area contributed by atoms with E-state index in [1.807, 2.05) is 25.2 Å². The molecule has 26 heavy (non-hydrogen) atoms. The Hall–Kier alpha value is -2.77. The number of amides is 2. The second-order valence-electron chi connectivity index (χ2n) is 6.09. The van der Waals surface area contributed by atoms with Gasteiger partial charge in [-0.3, -0.25) is 9.59 Å². The molecule has 3 aromatic rings. The van der Waals surface area contributed by atoms with Crippen LogP contribution in [-0.4, -0.2) is 37.4 Å². The first-order valence-electron chi connectivity index (χ1n) is 8.33. The van der Waals surface area contributed by atoms with Crippen molar-refractivity contribution >= 4 is 39.1 Å². The van der Waals surface area contributed by atoms with Crippen molar-refractivity contribution in [2.45, 2.75) is 6.54 Å². The Labute approximate surface area is 155 Å². The van der Waals surface area contributed by atoms with Crippen LogP contribution in [0.4, 0.5) is 5.69 Å². The summed E-state index contributed by atoms with van der Waals surface area (Å²) in [6.45, 7) is 1.04. The highest BCUT2D eigenvalue weighted by Crippen LogP contribution is 2.20. The van der Waals surface area contributed by atoms with Crippen LogP contribution >= 0.6 is 11.3 Å². The highest BCUT2D eigenvalue weighted by molar-refractivity contribution is 7.18. The van der Waals surface area contributed by atoms with E-state index in [1.165, 1.54) is 0 Å². The van der Waals surface area contributed by atoms with Gasteiger partial charge in [-0.05, 0) is 36.4 Å². The number of quaternary nitrogens is 1. The average molecular weight is 369 g/mol. The number of nitrogens with zero attached hydrogens (tertiary/aromatic N) is 1. The maximum absolute atomic E-state index is 12.2. The molecule has 3 N–H and O–H groups in total. The summed E-state index contributed by atoms with van der Waals surface area (Å²) in [5, 5.41) is 6.45. The summed E-state index contributed by atoms with van der Waals surface area (Å²) in [6, 6.07) is 14.9. The van der Waals surface area contributed by atoms with E-state index >= 15 is 0 Å². The minimum absolute atomic E-state index is 0.0729. The first-order chi connectivity index (χ1) is 12.5. The molecule has 0 spiro atoms. The number of rotatable bonds is 6. The van der Waals surface area contributed by atoms with Crippen LogP contribution in [0, 0.1) is 0 Å². The quantitative estimate of drug-likeness (QED) is 0.613. The van der Waals surface area contributed by atoms with Gasteiger partial charge in [0, 0.05) is 18.3 Å². The topological polar surface area (TPSA) is 75.5 Å². The molecule has 0 bridgehead atoms. The number of para-hydroxylation sites is 1. The van der Waals surface area contributed by atoms with Crippen LogP contribution in [0.3, 0.4) is 0 Å². The van der Waals surface area contributed by atoms with Crippen LogP contribution in [0.25, 0.3) is 10.2 Å². The second-order valence-corrected chi connectivity index (χ2v) is 7.21. The van der Waals surface area contributed by atoms with E-state index < -0.39 is 0 Å². The van der Waals surface area contributed by atoms with Crippen molar-refractivity contribution in [3.05, 3.63) is 59.1 Å². The minimum Gasteiger partial charge on any atom is -0.355 e. The molecule has 0 aliphatic rings. The molecule has 0 saturated heterocycles. The van der Waals surface area contributed by atoms with Gasteiger partial charge in [0.25, 0.3) is 11.8 Å². The van der Waals surface area contributed by atoms with Gasteiger partial charge in [0.1, 0.15) is 11.6 Å². The molecule has 6 nitrogen and oxygen atoms in total. The smallest absolute Gasteiger partial charge is 0.279 e. The van der Waals surface area contributed by atoms with E-state index in [-0.39, 0.29) is 11.8 Å². The summed E-state index contributed by atoms with van der Waals surface area (Å²) in [6.07, 6.45) is 0. The highest BCUT2D eigenvalue weighted by Gasteiger charge is 2.14. The van der Waals surface area contributed by atoms with Crippen LogP contribution in [0.1, 0.15) is 15.4 Å². The summed E-state index contributed by atoms with van der Waals surface area (Å²) in [5.74, 6) is -0.223. The van der Waals surface area contributed by atoms with Gasteiger partial charge in [-0.2, -0.15) is 0 Å². The zero-order chi connectivity index (χ0) is 18.5. The third-order valence-electron chi connectivity index (χ3n) is 3.91. The van der Waals surface area contributed by atoms with Crippen LogP contribution in [0.2, 0.25) is 0 Å². The van der Waals surface area contributed by atoms with E-state index in [4.69, 9.17) is 0 Å². The fourth-order valence-corrected chi connectivity index (χ4v) is 3.73. The van der Waals surface area contributed by atoms with Crippen molar-refractivity contribution in [2.75, 3.05) is 26.0 Å². The molecule has 1 atom stereocenters. The Kier molecular flexibility index (Phi) is 5.60. The monoisotopic (exact) mass is 369 g/mol. The SMILES string of the molecule is CNC(=O)c1ccc(NC(=O)C[NH+](C)Cc2nc3ccccc3s2)cc1.